The van der Waals surface area contributed by atoms with Crippen LogP contribution >= 0.6 is 11.3 Å². The number of nitrogens with two attached hydrogens (primary N) is 1. The molecule has 4 nitrogen and oxygen atoms in total. The van der Waals surface area contributed by atoms with Crippen molar-refractivity contribution >= 4 is 17.3 Å². The summed E-state index contributed by atoms with van der Waals surface area (Å²) < 4.78 is 5.13. The van der Waals surface area contributed by atoms with Gasteiger partial charge in [-0.05, 0) is 20.3 Å². The van der Waals surface area contributed by atoms with Gasteiger partial charge < -0.3 is 10.5 Å². The number of carbonyl (C=O) groups is 1. The largest absolute Gasteiger partial charge is 0.466 e. The lowest BCUT2D eigenvalue weighted by Crippen LogP contribution is -2.41. The molecule has 0 aliphatic heterocycles. The van der Waals surface area contributed by atoms with E-state index in [1.807, 2.05) is 27.0 Å². The molecule has 1 unspecified atom stereocenters. The van der Waals surface area contributed by atoms with Gasteiger partial charge in [0.2, 0.25) is 0 Å². The molecule has 0 saturated heterocycles. The fraction of sp³-hybridized carbons (Fsp3) is 0.667. The fourth-order valence-electron chi connectivity index (χ4n) is 1.75. The standard InChI is InChI=1S/C12H20N2O2S/c1-4-12(8-13,11(15)16-5-2)6-10-7-14-9(3)17-10/h7H,4-6,8,13H2,1-3H3. The van der Waals surface area contributed by atoms with Crippen molar-refractivity contribution in [2.45, 2.75) is 33.6 Å². The van der Waals surface area contributed by atoms with Crippen LogP contribution in [0, 0.1) is 12.3 Å². The Hall–Kier alpha value is -0.940. The first-order chi connectivity index (χ1) is 8.07. The highest BCUT2D eigenvalue weighted by molar-refractivity contribution is 7.11. The first kappa shape index (κ1) is 14.1. The number of hydrogen-bond donors (Lipinski definition) is 1. The lowest BCUT2D eigenvalue weighted by molar-refractivity contribution is -0.155. The number of ether oxygens (including phenoxy) is 1. The van der Waals surface area contributed by atoms with Gasteiger partial charge in [0.1, 0.15) is 0 Å². The van der Waals surface area contributed by atoms with Crippen molar-refractivity contribution in [1.82, 2.24) is 4.98 Å². The molecule has 0 aliphatic carbocycles. The number of carbonyl (C=O) groups excluding carboxylic acids is 1. The van der Waals surface area contributed by atoms with Gasteiger partial charge in [-0.15, -0.1) is 11.3 Å². The summed E-state index contributed by atoms with van der Waals surface area (Å²) >= 11 is 1.61. The predicted octanol–water partition coefficient (Wildman–Crippen LogP) is 1.91. The van der Waals surface area contributed by atoms with Gasteiger partial charge in [-0.3, -0.25) is 4.79 Å². The van der Waals surface area contributed by atoms with Crippen LogP contribution in [0.2, 0.25) is 0 Å². The van der Waals surface area contributed by atoms with Crippen LogP contribution in [0.4, 0.5) is 0 Å². The summed E-state index contributed by atoms with van der Waals surface area (Å²) in [6, 6.07) is 0. The van der Waals surface area contributed by atoms with E-state index >= 15 is 0 Å². The average molecular weight is 256 g/mol. The summed E-state index contributed by atoms with van der Waals surface area (Å²) in [4.78, 5) is 17.3. The first-order valence-electron chi connectivity index (χ1n) is 5.86. The second-order valence-corrected chi connectivity index (χ2v) is 5.40. The van der Waals surface area contributed by atoms with E-state index in [0.717, 1.165) is 9.88 Å². The van der Waals surface area contributed by atoms with Gasteiger partial charge in [-0.25, -0.2) is 4.98 Å². The van der Waals surface area contributed by atoms with Crippen molar-refractivity contribution in [3.63, 3.8) is 0 Å². The van der Waals surface area contributed by atoms with E-state index in [1.54, 1.807) is 11.3 Å². The molecule has 0 amide bonds. The summed E-state index contributed by atoms with van der Waals surface area (Å²) in [7, 11) is 0. The molecule has 0 spiro atoms. The molecule has 17 heavy (non-hydrogen) atoms. The van der Waals surface area contributed by atoms with Crippen molar-refractivity contribution in [3.8, 4) is 0 Å². The maximum Gasteiger partial charge on any atom is 0.313 e. The summed E-state index contributed by atoms with van der Waals surface area (Å²) in [5.74, 6) is -0.198. The summed E-state index contributed by atoms with van der Waals surface area (Å²) in [6.45, 7) is 6.43. The van der Waals surface area contributed by atoms with Gasteiger partial charge in [0, 0.05) is 24.0 Å². The Bertz CT molecular complexity index is 372. The molecule has 2 N–H and O–H groups in total. The number of rotatable bonds is 6. The topological polar surface area (TPSA) is 65.2 Å². The van der Waals surface area contributed by atoms with E-state index in [2.05, 4.69) is 4.98 Å². The number of esters is 1. The van der Waals surface area contributed by atoms with Crippen molar-refractivity contribution < 1.29 is 9.53 Å². The van der Waals surface area contributed by atoms with Gasteiger partial charge in [0.05, 0.1) is 17.0 Å². The van der Waals surface area contributed by atoms with E-state index in [4.69, 9.17) is 10.5 Å². The summed E-state index contributed by atoms with van der Waals surface area (Å²) in [6.07, 6.45) is 3.11. The smallest absolute Gasteiger partial charge is 0.313 e. The molecule has 1 aromatic heterocycles. The Balaban J connectivity index is 2.87. The number of nitrogens with zero attached hydrogens (tertiary/aromatic N) is 1. The van der Waals surface area contributed by atoms with Gasteiger partial charge in [0.25, 0.3) is 0 Å². The number of aromatic nitrogens is 1. The highest BCUT2D eigenvalue weighted by Gasteiger charge is 2.37. The highest BCUT2D eigenvalue weighted by Crippen LogP contribution is 2.30. The predicted molar refractivity (Wildman–Crippen MR) is 69.0 cm³/mol. The lowest BCUT2D eigenvalue weighted by atomic mass is 9.81. The van der Waals surface area contributed by atoms with Crippen molar-refractivity contribution in [2.75, 3.05) is 13.2 Å². The number of aryl methyl sites for hydroxylation is 1. The molecule has 1 aromatic rings. The minimum Gasteiger partial charge on any atom is -0.466 e. The third kappa shape index (κ3) is 3.26. The van der Waals surface area contributed by atoms with Gasteiger partial charge in [0.15, 0.2) is 0 Å². The molecular weight excluding hydrogens is 236 g/mol. The quantitative estimate of drug-likeness (QED) is 0.790. The molecule has 96 valence electrons. The highest BCUT2D eigenvalue weighted by atomic mass is 32.1. The Kier molecular flexibility index (Phi) is 5.08. The van der Waals surface area contributed by atoms with Crippen molar-refractivity contribution in [2.24, 2.45) is 11.1 Å². The molecule has 1 rings (SSSR count). The fourth-order valence-corrected chi connectivity index (χ4v) is 2.68. The van der Waals surface area contributed by atoms with Crippen LogP contribution in [-0.4, -0.2) is 24.1 Å². The SMILES string of the molecule is CCOC(=O)C(CC)(CN)Cc1cnc(C)s1. The Morgan fingerprint density at radius 1 is 1.59 bits per heavy atom. The van der Waals surface area contributed by atoms with Gasteiger partial charge in [-0.2, -0.15) is 0 Å². The molecule has 0 aromatic carbocycles. The third-order valence-electron chi connectivity index (χ3n) is 2.96. The molecule has 0 bridgehead atoms. The zero-order chi connectivity index (χ0) is 12.9. The zero-order valence-corrected chi connectivity index (χ0v) is 11.5. The Labute approximate surface area is 106 Å². The van der Waals surface area contributed by atoms with Gasteiger partial charge in [-0.1, -0.05) is 6.92 Å². The average Bonchev–Trinajstić information content (AvgIpc) is 2.72. The van der Waals surface area contributed by atoms with Gasteiger partial charge >= 0.3 is 5.97 Å². The van der Waals surface area contributed by atoms with Crippen LogP contribution < -0.4 is 5.73 Å². The lowest BCUT2D eigenvalue weighted by Gasteiger charge is -2.28. The third-order valence-corrected chi connectivity index (χ3v) is 3.87. The normalized spacial score (nSPS) is 14.4. The minimum absolute atomic E-state index is 0.198. The van der Waals surface area contributed by atoms with E-state index in [0.29, 0.717) is 26.0 Å². The molecule has 0 aliphatic rings. The monoisotopic (exact) mass is 256 g/mol. The number of hydrogen-bond acceptors (Lipinski definition) is 5. The Morgan fingerprint density at radius 3 is 2.71 bits per heavy atom. The van der Waals surface area contributed by atoms with Crippen LogP contribution in [0.15, 0.2) is 6.20 Å². The molecule has 0 fully saturated rings. The van der Waals surface area contributed by atoms with E-state index in [1.165, 1.54) is 0 Å². The maximum atomic E-state index is 12.0. The van der Waals surface area contributed by atoms with Crippen LogP contribution in [0.5, 0.6) is 0 Å². The van der Waals surface area contributed by atoms with Crippen LogP contribution in [0.1, 0.15) is 30.2 Å². The molecule has 1 heterocycles. The zero-order valence-electron chi connectivity index (χ0n) is 10.7. The van der Waals surface area contributed by atoms with Crippen LogP contribution in [0.25, 0.3) is 0 Å². The van der Waals surface area contributed by atoms with Crippen LogP contribution in [-0.2, 0) is 16.0 Å². The molecule has 5 heteroatoms. The second-order valence-electron chi connectivity index (χ2n) is 4.08. The van der Waals surface area contributed by atoms with E-state index < -0.39 is 5.41 Å². The first-order valence-corrected chi connectivity index (χ1v) is 6.68. The molecule has 1 atom stereocenters. The number of thiazole rings is 1. The molecular formula is C12H20N2O2S. The van der Waals surface area contributed by atoms with Crippen molar-refractivity contribution in [1.29, 1.82) is 0 Å². The molecule has 0 saturated carbocycles. The Morgan fingerprint density at radius 2 is 2.29 bits per heavy atom. The maximum absolute atomic E-state index is 12.0. The van der Waals surface area contributed by atoms with Crippen molar-refractivity contribution in [3.05, 3.63) is 16.1 Å². The second kappa shape index (κ2) is 6.12. The summed E-state index contributed by atoms with van der Waals surface area (Å²) in [5.41, 5.74) is 5.19. The van der Waals surface area contributed by atoms with Crippen LogP contribution in [0.3, 0.4) is 0 Å². The van der Waals surface area contributed by atoms with E-state index in [-0.39, 0.29) is 5.97 Å². The minimum atomic E-state index is -0.602. The summed E-state index contributed by atoms with van der Waals surface area (Å²) in [5, 5.41) is 1.01. The van der Waals surface area contributed by atoms with E-state index in [9.17, 15) is 4.79 Å². The molecule has 0 radical (unpaired) electrons.